The summed E-state index contributed by atoms with van der Waals surface area (Å²) in [4.78, 5) is 2.49. The Labute approximate surface area is 79.7 Å². The van der Waals surface area contributed by atoms with Crippen LogP contribution in [-0.2, 0) is 4.74 Å². The van der Waals surface area contributed by atoms with Crippen molar-refractivity contribution < 1.29 is 4.74 Å². The van der Waals surface area contributed by atoms with Gasteiger partial charge in [0.25, 0.3) is 0 Å². The van der Waals surface area contributed by atoms with Gasteiger partial charge in [0.05, 0.1) is 13.2 Å². The topological polar surface area (TPSA) is 24.5 Å². The Morgan fingerprint density at radius 3 is 2.92 bits per heavy atom. The highest BCUT2D eigenvalue weighted by molar-refractivity contribution is 5.07. The molecule has 0 radical (unpaired) electrons. The standard InChI is InChI=1S/C10H18N2O/c1-9-6-10(7-11-9)8-12-2-4-13-5-3-12/h6,10-11H,2-5,7-8H2,1H3/t10-/m1/s1. The van der Waals surface area contributed by atoms with Crippen LogP contribution in [0.2, 0.25) is 0 Å². The zero-order valence-corrected chi connectivity index (χ0v) is 8.25. The van der Waals surface area contributed by atoms with E-state index in [9.17, 15) is 0 Å². The van der Waals surface area contributed by atoms with Crippen LogP contribution < -0.4 is 5.32 Å². The van der Waals surface area contributed by atoms with Crippen molar-refractivity contribution in [2.75, 3.05) is 39.4 Å². The van der Waals surface area contributed by atoms with Gasteiger partial charge in [-0.15, -0.1) is 0 Å². The molecule has 3 heteroatoms. The van der Waals surface area contributed by atoms with Crippen LogP contribution in [0, 0.1) is 5.92 Å². The summed E-state index contributed by atoms with van der Waals surface area (Å²) in [6.45, 7) is 8.45. The second-order valence-electron chi connectivity index (χ2n) is 3.90. The van der Waals surface area contributed by atoms with Gasteiger partial charge in [-0.2, -0.15) is 0 Å². The molecule has 2 aliphatic rings. The van der Waals surface area contributed by atoms with Gasteiger partial charge in [-0.05, 0) is 6.92 Å². The normalized spacial score (nSPS) is 29.9. The predicted octanol–water partition coefficient (Wildman–Crippen LogP) is 0.442. The highest BCUT2D eigenvalue weighted by Crippen LogP contribution is 2.11. The van der Waals surface area contributed by atoms with Gasteiger partial charge in [0.2, 0.25) is 0 Å². The van der Waals surface area contributed by atoms with Gasteiger partial charge >= 0.3 is 0 Å². The average Bonchev–Trinajstić information content (AvgIpc) is 2.53. The van der Waals surface area contributed by atoms with Crippen LogP contribution >= 0.6 is 0 Å². The maximum atomic E-state index is 5.31. The maximum absolute atomic E-state index is 5.31. The number of nitrogens with one attached hydrogen (secondary N) is 1. The molecule has 3 nitrogen and oxygen atoms in total. The number of rotatable bonds is 2. The van der Waals surface area contributed by atoms with Crippen LogP contribution in [0.5, 0.6) is 0 Å². The van der Waals surface area contributed by atoms with E-state index in [1.54, 1.807) is 0 Å². The molecule has 13 heavy (non-hydrogen) atoms. The summed E-state index contributed by atoms with van der Waals surface area (Å²) in [5.41, 5.74) is 1.33. The van der Waals surface area contributed by atoms with E-state index in [2.05, 4.69) is 23.2 Å². The quantitative estimate of drug-likeness (QED) is 0.670. The summed E-state index contributed by atoms with van der Waals surface area (Å²) in [6.07, 6.45) is 2.34. The van der Waals surface area contributed by atoms with Crippen LogP contribution in [0.4, 0.5) is 0 Å². The van der Waals surface area contributed by atoms with Gasteiger partial charge in [0, 0.05) is 37.8 Å². The Hall–Kier alpha value is -0.540. The SMILES string of the molecule is CC1=C[C@@H](CN2CCOCC2)CN1. The van der Waals surface area contributed by atoms with Crippen molar-refractivity contribution in [1.29, 1.82) is 0 Å². The minimum Gasteiger partial charge on any atom is -0.388 e. The minimum atomic E-state index is 0.707. The smallest absolute Gasteiger partial charge is 0.0594 e. The summed E-state index contributed by atoms with van der Waals surface area (Å²) >= 11 is 0. The van der Waals surface area contributed by atoms with Gasteiger partial charge in [0.15, 0.2) is 0 Å². The molecule has 0 aromatic carbocycles. The summed E-state index contributed by atoms with van der Waals surface area (Å²) < 4.78 is 5.31. The van der Waals surface area contributed by atoms with Gasteiger partial charge in [-0.25, -0.2) is 0 Å². The van der Waals surface area contributed by atoms with E-state index < -0.39 is 0 Å². The van der Waals surface area contributed by atoms with Gasteiger partial charge in [-0.3, -0.25) is 4.90 Å². The Morgan fingerprint density at radius 1 is 1.54 bits per heavy atom. The van der Waals surface area contributed by atoms with Gasteiger partial charge < -0.3 is 10.1 Å². The number of hydrogen-bond donors (Lipinski definition) is 1. The van der Waals surface area contributed by atoms with Crippen molar-refractivity contribution in [3.8, 4) is 0 Å². The van der Waals surface area contributed by atoms with Crippen molar-refractivity contribution in [1.82, 2.24) is 10.2 Å². The average molecular weight is 182 g/mol. The molecule has 1 atom stereocenters. The summed E-state index contributed by atoms with van der Waals surface area (Å²) in [7, 11) is 0. The van der Waals surface area contributed by atoms with Crippen molar-refractivity contribution in [2.45, 2.75) is 6.92 Å². The number of nitrogens with zero attached hydrogens (tertiary/aromatic N) is 1. The first-order valence-corrected chi connectivity index (χ1v) is 5.07. The number of morpholine rings is 1. The monoisotopic (exact) mass is 182 g/mol. The van der Waals surface area contributed by atoms with E-state index >= 15 is 0 Å². The fourth-order valence-electron chi connectivity index (χ4n) is 2.00. The van der Waals surface area contributed by atoms with E-state index in [0.717, 1.165) is 32.8 Å². The highest BCUT2D eigenvalue weighted by atomic mass is 16.5. The van der Waals surface area contributed by atoms with E-state index in [0.29, 0.717) is 5.92 Å². The lowest BCUT2D eigenvalue weighted by molar-refractivity contribution is 0.0340. The highest BCUT2D eigenvalue weighted by Gasteiger charge is 2.17. The fourth-order valence-corrected chi connectivity index (χ4v) is 2.00. The molecule has 0 bridgehead atoms. The first-order chi connectivity index (χ1) is 6.34. The number of allylic oxidation sites excluding steroid dienone is 1. The minimum absolute atomic E-state index is 0.707. The first-order valence-electron chi connectivity index (χ1n) is 5.07. The first kappa shape index (κ1) is 9.03. The molecule has 1 N–H and O–H groups in total. The molecule has 1 fully saturated rings. The molecule has 74 valence electrons. The molecule has 0 aromatic heterocycles. The van der Waals surface area contributed by atoms with E-state index in [-0.39, 0.29) is 0 Å². The lowest BCUT2D eigenvalue weighted by Gasteiger charge is -2.28. The molecule has 0 saturated carbocycles. The van der Waals surface area contributed by atoms with Crippen molar-refractivity contribution >= 4 is 0 Å². The van der Waals surface area contributed by atoms with Gasteiger partial charge in [-0.1, -0.05) is 6.08 Å². The molecular weight excluding hydrogens is 164 g/mol. The Bertz CT molecular complexity index is 197. The van der Waals surface area contributed by atoms with Gasteiger partial charge in [0.1, 0.15) is 0 Å². The van der Waals surface area contributed by atoms with E-state index in [4.69, 9.17) is 4.74 Å². The molecule has 2 aliphatic heterocycles. The summed E-state index contributed by atoms with van der Waals surface area (Å²) in [6, 6.07) is 0. The van der Waals surface area contributed by atoms with Crippen LogP contribution in [0.3, 0.4) is 0 Å². The Morgan fingerprint density at radius 2 is 2.31 bits per heavy atom. The zero-order chi connectivity index (χ0) is 9.10. The molecule has 2 rings (SSSR count). The molecular formula is C10H18N2O. The largest absolute Gasteiger partial charge is 0.388 e. The summed E-state index contributed by atoms with van der Waals surface area (Å²) in [5, 5.41) is 3.36. The fraction of sp³-hybridized carbons (Fsp3) is 0.800. The van der Waals surface area contributed by atoms with Crippen LogP contribution in [0.1, 0.15) is 6.92 Å². The van der Waals surface area contributed by atoms with Crippen molar-refractivity contribution in [3.05, 3.63) is 11.8 Å². The molecule has 2 heterocycles. The molecule has 0 aromatic rings. The van der Waals surface area contributed by atoms with Crippen LogP contribution in [-0.4, -0.2) is 44.3 Å². The molecule has 0 spiro atoms. The second-order valence-corrected chi connectivity index (χ2v) is 3.90. The third-order valence-electron chi connectivity index (χ3n) is 2.73. The molecule has 0 amide bonds. The Balaban J connectivity index is 1.77. The third-order valence-corrected chi connectivity index (χ3v) is 2.73. The Kier molecular flexibility index (Phi) is 2.86. The lowest BCUT2D eigenvalue weighted by atomic mass is 10.1. The molecule has 0 aliphatic carbocycles. The van der Waals surface area contributed by atoms with Crippen molar-refractivity contribution in [3.63, 3.8) is 0 Å². The molecule has 1 saturated heterocycles. The van der Waals surface area contributed by atoms with E-state index in [1.165, 1.54) is 12.2 Å². The second kappa shape index (κ2) is 4.11. The zero-order valence-electron chi connectivity index (χ0n) is 8.25. The molecule has 0 unspecified atom stereocenters. The number of ether oxygens (including phenoxy) is 1. The lowest BCUT2D eigenvalue weighted by Crippen LogP contribution is -2.39. The third kappa shape index (κ3) is 2.45. The number of hydrogen-bond acceptors (Lipinski definition) is 3. The van der Waals surface area contributed by atoms with E-state index in [1.807, 2.05) is 0 Å². The van der Waals surface area contributed by atoms with Crippen LogP contribution in [0.25, 0.3) is 0 Å². The maximum Gasteiger partial charge on any atom is 0.0594 e. The van der Waals surface area contributed by atoms with Crippen LogP contribution in [0.15, 0.2) is 11.8 Å². The summed E-state index contributed by atoms with van der Waals surface area (Å²) in [5.74, 6) is 0.707. The predicted molar refractivity (Wildman–Crippen MR) is 52.5 cm³/mol. The van der Waals surface area contributed by atoms with Crippen molar-refractivity contribution in [2.24, 2.45) is 5.92 Å².